The third-order valence-corrected chi connectivity index (χ3v) is 4.57. The van der Waals surface area contributed by atoms with Crippen LogP contribution in [-0.2, 0) is 6.42 Å². The Labute approximate surface area is 150 Å². The van der Waals surface area contributed by atoms with Crippen LogP contribution in [-0.4, -0.2) is 22.4 Å². The van der Waals surface area contributed by atoms with E-state index in [0.29, 0.717) is 24.2 Å². The molecule has 4 rings (SSSR count). The Morgan fingerprint density at radius 3 is 2.92 bits per heavy atom. The van der Waals surface area contributed by atoms with Crippen molar-refractivity contribution in [3.8, 4) is 0 Å². The molecular formula is C21H18FN3O. The zero-order valence-corrected chi connectivity index (χ0v) is 14.3. The maximum absolute atomic E-state index is 13.3. The van der Waals surface area contributed by atoms with E-state index in [1.807, 2.05) is 43.5 Å². The fourth-order valence-electron chi connectivity index (χ4n) is 3.21. The van der Waals surface area contributed by atoms with Gasteiger partial charge in [-0.2, -0.15) is 0 Å². The second kappa shape index (κ2) is 6.59. The molecule has 2 N–H and O–H groups in total. The van der Waals surface area contributed by atoms with Crippen LogP contribution in [0.1, 0.15) is 21.6 Å². The van der Waals surface area contributed by atoms with Gasteiger partial charge in [-0.3, -0.25) is 9.78 Å². The zero-order valence-electron chi connectivity index (χ0n) is 14.3. The van der Waals surface area contributed by atoms with Crippen LogP contribution < -0.4 is 5.32 Å². The first kappa shape index (κ1) is 16.3. The summed E-state index contributed by atoms with van der Waals surface area (Å²) in [5.41, 5.74) is 4.00. The summed E-state index contributed by atoms with van der Waals surface area (Å²) in [5, 5.41) is 4.87. The average Bonchev–Trinajstić information content (AvgIpc) is 3.03. The van der Waals surface area contributed by atoms with E-state index in [-0.39, 0.29) is 11.7 Å². The number of aromatic amines is 1. The van der Waals surface area contributed by atoms with E-state index in [1.54, 1.807) is 6.07 Å². The van der Waals surface area contributed by atoms with Crippen LogP contribution in [0.15, 0.2) is 54.7 Å². The minimum Gasteiger partial charge on any atom is -0.361 e. The molecule has 0 saturated heterocycles. The van der Waals surface area contributed by atoms with Crippen LogP contribution >= 0.6 is 0 Å². The summed E-state index contributed by atoms with van der Waals surface area (Å²) in [7, 11) is 0. The van der Waals surface area contributed by atoms with Gasteiger partial charge in [0.15, 0.2) is 0 Å². The summed E-state index contributed by atoms with van der Waals surface area (Å²) >= 11 is 0. The molecule has 2 aromatic heterocycles. The highest BCUT2D eigenvalue weighted by molar-refractivity contribution is 5.98. The number of hydrogen-bond donors (Lipinski definition) is 2. The highest BCUT2D eigenvalue weighted by Crippen LogP contribution is 2.20. The van der Waals surface area contributed by atoms with Gasteiger partial charge in [-0.25, -0.2) is 4.39 Å². The number of nitrogens with one attached hydrogen (secondary N) is 2. The quantitative estimate of drug-likeness (QED) is 0.583. The highest BCUT2D eigenvalue weighted by atomic mass is 19.1. The van der Waals surface area contributed by atoms with Gasteiger partial charge in [0.25, 0.3) is 5.91 Å². The number of aryl methyl sites for hydroxylation is 1. The summed E-state index contributed by atoms with van der Waals surface area (Å²) in [4.78, 5) is 20.1. The molecule has 0 aliphatic carbocycles. The van der Waals surface area contributed by atoms with Crippen LogP contribution in [0, 0.1) is 12.7 Å². The molecule has 0 saturated carbocycles. The minimum atomic E-state index is -0.265. The number of benzene rings is 2. The lowest BCUT2D eigenvalue weighted by molar-refractivity contribution is 0.0953. The van der Waals surface area contributed by atoms with E-state index in [2.05, 4.69) is 15.3 Å². The van der Waals surface area contributed by atoms with Crippen molar-refractivity contribution in [2.45, 2.75) is 13.3 Å². The van der Waals surface area contributed by atoms with Crippen molar-refractivity contribution in [2.75, 3.05) is 6.54 Å². The summed E-state index contributed by atoms with van der Waals surface area (Å²) in [5.74, 6) is -0.398. The number of para-hydroxylation sites is 1. The topological polar surface area (TPSA) is 57.8 Å². The van der Waals surface area contributed by atoms with E-state index < -0.39 is 0 Å². The van der Waals surface area contributed by atoms with Crippen LogP contribution in [0.25, 0.3) is 21.8 Å². The Morgan fingerprint density at radius 1 is 1.19 bits per heavy atom. The number of carbonyl (C=O) groups is 1. The molecule has 1 amide bonds. The fraction of sp³-hybridized carbons (Fsp3) is 0.143. The van der Waals surface area contributed by atoms with Gasteiger partial charge in [-0.15, -0.1) is 0 Å². The Hall–Kier alpha value is -3.21. The molecule has 0 spiro atoms. The fourth-order valence-corrected chi connectivity index (χ4v) is 3.21. The number of halogens is 1. The second-order valence-electron chi connectivity index (χ2n) is 6.32. The number of nitrogens with zero attached hydrogens (tertiary/aromatic N) is 1. The normalized spacial score (nSPS) is 11.2. The van der Waals surface area contributed by atoms with Gasteiger partial charge in [0.05, 0.1) is 16.8 Å². The first-order valence-electron chi connectivity index (χ1n) is 8.52. The van der Waals surface area contributed by atoms with E-state index >= 15 is 0 Å². The van der Waals surface area contributed by atoms with Gasteiger partial charge in [0.2, 0.25) is 0 Å². The molecule has 2 heterocycles. The predicted octanol–water partition coefficient (Wildman–Crippen LogP) is 4.14. The molecule has 0 unspecified atom stereocenters. The molecule has 0 radical (unpaired) electrons. The van der Waals surface area contributed by atoms with Crippen molar-refractivity contribution < 1.29 is 9.18 Å². The van der Waals surface area contributed by atoms with Crippen molar-refractivity contribution in [3.63, 3.8) is 0 Å². The maximum Gasteiger partial charge on any atom is 0.253 e. The molecule has 0 aliphatic heterocycles. The Bertz CT molecular complexity index is 1120. The summed E-state index contributed by atoms with van der Waals surface area (Å²) < 4.78 is 13.3. The standard InChI is InChI=1S/C21H18FN3O/c1-13-18(10-14-4-2-3-5-19(14)25-13)21(26)23-9-8-15-12-24-20-11-16(22)6-7-17(15)20/h2-7,10-12,24H,8-9H2,1H3,(H,23,26). The second-order valence-corrected chi connectivity index (χ2v) is 6.32. The maximum atomic E-state index is 13.3. The molecule has 5 heteroatoms. The summed E-state index contributed by atoms with van der Waals surface area (Å²) in [6, 6.07) is 14.3. The molecule has 4 nitrogen and oxygen atoms in total. The zero-order chi connectivity index (χ0) is 18.1. The molecule has 130 valence electrons. The van der Waals surface area contributed by atoms with E-state index in [0.717, 1.165) is 27.4 Å². The summed E-state index contributed by atoms with van der Waals surface area (Å²) in [6.07, 6.45) is 2.52. The SMILES string of the molecule is Cc1nc2ccccc2cc1C(=O)NCCc1c[nH]c2cc(F)ccc12. The summed E-state index contributed by atoms with van der Waals surface area (Å²) in [6.45, 7) is 2.34. The predicted molar refractivity (Wildman–Crippen MR) is 101 cm³/mol. The molecule has 0 atom stereocenters. The first-order valence-corrected chi connectivity index (χ1v) is 8.52. The van der Waals surface area contributed by atoms with Crippen LogP contribution in [0.3, 0.4) is 0 Å². The smallest absolute Gasteiger partial charge is 0.253 e. The monoisotopic (exact) mass is 347 g/mol. The van der Waals surface area contributed by atoms with Gasteiger partial charge in [0, 0.05) is 29.0 Å². The van der Waals surface area contributed by atoms with Crippen molar-refractivity contribution in [2.24, 2.45) is 0 Å². The number of aromatic nitrogens is 2. The molecule has 0 bridgehead atoms. The number of carbonyl (C=O) groups excluding carboxylic acids is 1. The molecule has 0 aliphatic rings. The Balaban J connectivity index is 1.47. The lowest BCUT2D eigenvalue weighted by Crippen LogP contribution is -2.26. The molecule has 0 fully saturated rings. The minimum absolute atomic E-state index is 0.133. The first-order chi connectivity index (χ1) is 12.6. The third-order valence-electron chi connectivity index (χ3n) is 4.57. The van der Waals surface area contributed by atoms with Gasteiger partial charge < -0.3 is 10.3 Å². The Morgan fingerprint density at radius 2 is 2.04 bits per heavy atom. The van der Waals surface area contributed by atoms with Crippen molar-refractivity contribution in [1.82, 2.24) is 15.3 Å². The van der Waals surface area contributed by atoms with Gasteiger partial charge >= 0.3 is 0 Å². The van der Waals surface area contributed by atoms with E-state index in [1.165, 1.54) is 12.1 Å². The third kappa shape index (κ3) is 3.04. The molecule has 26 heavy (non-hydrogen) atoms. The number of rotatable bonds is 4. The number of hydrogen-bond acceptors (Lipinski definition) is 2. The number of pyridine rings is 1. The number of fused-ring (bicyclic) bond motifs is 2. The van der Waals surface area contributed by atoms with E-state index in [4.69, 9.17) is 0 Å². The van der Waals surface area contributed by atoms with Crippen molar-refractivity contribution >= 4 is 27.7 Å². The Kier molecular flexibility index (Phi) is 4.13. The van der Waals surface area contributed by atoms with Crippen LogP contribution in [0.4, 0.5) is 4.39 Å². The highest BCUT2D eigenvalue weighted by Gasteiger charge is 2.12. The average molecular weight is 347 g/mol. The molecule has 2 aromatic carbocycles. The van der Waals surface area contributed by atoms with Gasteiger partial charge in [-0.05, 0) is 49.2 Å². The van der Waals surface area contributed by atoms with Gasteiger partial charge in [-0.1, -0.05) is 18.2 Å². The number of amides is 1. The molecule has 4 aromatic rings. The van der Waals surface area contributed by atoms with Crippen LogP contribution in [0.5, 0.6) is 0 Å². The lowest BCUT2D eigenvalue weighted by atomic mass is 10.1. The lowest BCUT2D eigenvalue weighted by Gasteiger charge is -2.08. The van der Waals surface area contributed by atoms with Gasteiger partial charge in [0.1, 0.15) is 5.82 Å². The van der Waals surface area contributed by atoms with Crippen molar-refractivity contribution in [1.29, 1.82) is 0 Å². The van der Waals surface area contributed by atoms with E-state index in [9.17, 15) is 9.18 Å². The largest absolute Gasteiger partial charge is 0.361 e. The van der Waals surface area contributed by atoms with Crippen LogP contribution in [0.2, 0.25) is 0 Å². The molecular weight excluding hydrogens is 329 g/mol. The van der Waals surface area contributed by atoms with Crippen molar-refractivity contribution in [3.05, 3.63) is 77.4 Å². The number of H-pyrrole nitrogens is 1.